The number of sulfonamides is 1. The quantitative estimate of drug-likeness (QED) is 0.510. The van der Waals surface area contributed by atoms with Crippen LogP contribution in [0.4, 0.5) is 0 Å². The van der Waals surface area contributed by atoms with E-state index in [1.54, 1.807) is 24.3 Å². The molecule has 2 aromatic rings. The predicted octanol–water partition coefficient (Wildman–Crippen LogP) is 4.02. The minimum atomic E-state index is -3.60. The number of hydrogen-bond acceptors (Lipinski definition) is 5. The monoisotopic (exact) mass is 431 g/mol. The van der Waals surface area contributed by atoms with Crippen LogP contribution in [0.1, 0.15) is 36.5 Å². The highest BCUT2D eigenvalue weighted by atomic mass is 32.2. The Labute approximate surface area is 178 Å². The number of carbonyl (C=O) groups is 1. The van der Waals surface area contributed by atoms with Crippen LogP contribution in [0.5, 0.6) is 11.5 Å². The van der Waals surface area contributed by atoms with Crippen LogP contribution in [0.2, 0.25) is 0 Å². The first-order valence-electron chi connectivity index (χ1n) is 10.3. The van der Waals surface area contributed by atoms with Crippen molar-refractivity contribution in [3.8, 4) is 11.5 Å². The third kappa shape index (κ3) is 4.68. The Balaban J connectivity index is 1.64. The van der Waals surface area contributed by atoms with Gasteiger partial charge in [0.2, 0.25) is 10.0 Å². The Morgan fingerprint density at radius 3 is 2.20 bits per heavy atom. The summed E-state index contributed by atoms with van der Waals surface area (Å²) in [5.74, 6) is 0.657. The number of aryl methyl sites for hydroxylation is 2. The zero-order chi connectivity index (χ0) is 21.9. The van der Waals surface area contributed by atoms with E-state index in [2.05, 4.69) is 0 Å². The summed E-state index contributed by atoms with van der Waals surface area (Å²) in [6, 6.07) is 10.4. The van der Waals surface area contributed by atoms with Crippen LogP contribution in [-0.2, 0) is 14.8 Å². The zero-order valence-corrected chi connectivity index (χ0v) is 18.8. The number of hydrogen-bond donors (Lipinski definition) is 0. The van der Waals surface area contributed by atoms with Gasteiger partial charge in [-0.3, -0.25) is 4.79 Å². The van der Waals surface area contributed by atoms with E-state index in [-0.39, 0.29) is 16.8 Å². The maximum absolute atomic E-state index is 12.9. The normalized spacial score (nSPS) is 15.7. The highest BCUT2D eigenvalue weighted by Gasteiger charge is 2.33. The van der Waals surface area contributed by atoms with Gasteiger partial charge < -0.3 is 9.47 Å². The molecule has 0 N–H and O–H groups in total. The minimum absolute atomic E-state index is 0.234. The molecule has 0 atom stereocenters. The van der Waals surface area contributed by atoms with Crippen molar-refractivity contribution in [2.75, 3.05) is 19.7 Å². The molecule has 2 aromatic carbocycles. The second kappa shape index (κ2) is 9.18. The fourth-order valence-electron chi connectivity index (χ4n) is 3.62. The van der Waals surface area contributed by atoms with E-state index >= 15 is 0 Å². The molecule has 1 aliphatic heterocycles. The first-order chi connectivity index (χ1) is 14.2. The molecule has 0 radical (unpaired) electrons. The molecule has 3 rings (SSSR count). The summed E-state index contributed by atoms with van der Waals surface area (Å²) in [6.45, 7) is 8.83. The fourth-order valence-corrected chi connectivity index (χ4v) is 5.09. The summed E-state index contributed by atoms with van der Waals surface area (Å²) in [6.07, 6.45) is 0.887. The van der Waals surface area contributed by atoms with Gasteiger partial charge in [0.25, 0.3) is 0 Å². The highest BCUT2D eigenvalue weighted by Crippen LogP contribution is 2.29. The van der Waals surface area contributed by atoms with E-state index in [1.807, 2.05) is 39.8 Å². The lowest BCUT2D eigenvalue weighted by molar-refractivity contribution is -0.140. The number of nitrogens with zero attached hydrogens (tertiary/aromatic N) is 1. The Kier molecular flexibility index (Phi) is 6.83. The molecule has 0 aliphatic carbocycles. The van der Waals surface area contributed by atoms with Gasteiger partial charge in [-0.15, -0.1) is 0 Å². The third-order valence-corrected chi connectivity index (χ3v) is 7.55. The van der Waals surface area contributed by atoms with E-state index in [9.17, 15) is 13.2 Å². The smallest absolute Gasteiger partial charge is 0.314 e. The van der Waals surface area contributed by atoms with Crippen molar-refractivity contribution in [3.05, 3.63) is 53.1 Å². The van der Waals surface area contributed by atoms with Crippen molar-refractivity contribution < 1.29 is 22.7 Å². The standard InChI is InChI=1S/C23H29NO5S/c1-5-28-20-8-10-21(11-9-20)30(26,27)24-14-12-19(13-15-24)23(25)29-22-17(3)7-6-16(2)18(22)4/h6-11,19H,5,12-15H2,1-4H3. The zero-order valence-electron chi connectivity index (χ0n) is 18.0. The SMILES string of the molecule is CCOc1ccc(S(=O)(=O)N2CCC(C(=O)Oc3c(C)ccc(C)c3C)CC2)cc1. The molecule has 1 fully saturated rings. The molecule has 1 saturated heterocycles. The molecule has 6 nitrogen and oxygen atoms in total. The summed E-state index contributed by atoms with van der Waals surface area (Å²) in [4.78, 5) is 12.9. The molecule has 0 bridgehead atoms. The van der Waals surface area contributed by atoms with Gasteiger partial charge in [0.05, 0.1) is 17.4 Å². The topological polar surface area (TPSA) is 72.9 Å². The predicted molar refractivity (Wildman–Crippen MR) is 115 cm³/mol. The van der Waals surface area contributed by atoms with Crippen LogP contribution in [-0.4, -0.2) is 38.4 Å². The van der Waals surface area contributed by atoms with Gasteiger partial charge in [-0.25, -0.2) is 8.42 Å². The lowest BCUT2D eigenvalue weighted by atomic mass is 9.98. The first kappa shape index (κ1) is 22.3. The summed E-state index contributed by atoms with van der Waals surface area (Å²) >= 11 is 0. The van der Waals surface area contributed by atoms with Crippen LogP contribution in [0, 0.1) is 26.7 Å². The number of ether oxygens (including phenoxy) is 2. The van der Waals surface area contributed by atoms with E-state index in [0.717, 1.165) is 16.7 Å². The minimum Gasteiger partial charge on any atom is -0.494 e. The van der Waals surface area contributed by atoms with Crippen LogP contribution < -0.4 is 9.47 Å². The van der Waals surface area contributed by atoms with E-state index in [1.165, 1.54) is 4.31 Å². The Morgan fingerprint density at radius 1 is 1.00 bits per heavy atom. The average Bonchev–Trinajstić information content (AvgIpc) is 2.74. The van der Waals surface area contributed by atoms with Crippen LogP contribution in [0.3, 0.4) is 0 Å². The molecular formula is C23H29NO5S. The average molecular weight is 432 g/mol. The molecule has 1 heterocycles. The molecule has 7 heteroatoms. The molecular weight excluding hydrogens is 402 g/mol. The second-order valence-corrected chi connectivity index (χ2v) is 9.60. The number of carbonyl (C=O) groups excluding carboxylic acids is 1. The maximum atomic E-state index is 12.9. The Bertz CT molecular complexity index is 1010. The van der Waals surface area contributed by atoms with E-state index in [4.69, 9.17) is 9.47 Å². The van der Waals surface area contributed by atoms with E-state index < -0.39 is 10.0 Å². The summed E-state index contributed by atoms with van der Waals surface area (Å²) in [5, 5.41) is 0. The fraction of sp³-hybridized carbons (Fsp3) is 0.435. The Morgan fingerprint density at radius 2 is 1.60 bits per heavy atom. The molecule has 0 aromatic heterocycles. The highest BCUT2D eigenvalue weighted by molar-refractivity contribution is 7.89. The first-order valence-corrected chi connectivity index (χ1v) is 11.7. The molecule has 0 amide bonds. The summed E-state index contributed by atoms with van der Waals surface area (Å²) in [5.41, 5.74) is 2.94. The van der Waals surface area contributed by atoms with Crippen LogP contribution in [0.25, 0.3) is 0 Å². The Hall–Kier alpha value is -2.38. The molecule has 0 spiro atoms. The molecule has 162 valence electrons. The van der Waals surface area contributed by atoms with Crippen molar-refractivity contribution in [2.24, 2.45) is 5.92 Å². The van der Waals surface area contributed by atoms with Gasteiger partial charge >= 0.3 is 5.97 Å². The molecule has 30 heavy (non-hydrogen) atoms. The van der Waals surface area contributed by atoms with Gasteiger partial charge in [0, 0.05) is 13.1 Å². The maximum Gasteiger partial charge on any atom is 0.314 e. The van der Waals surface area contributed by atoms with Gasteiger partial charge in [0.1, 0.15) is 11.5 Å². The number of piperidine rings is 1. The van der Waals surface area contributed by atoms with Crippen molar-refractivity contribution in [3.63, 3.8) is 0 Å². The molecule has 0 saturated carbocycles. The number of esters is 1. The van der Waals surface area contributed by atoms with Gasteiger partial charge in [0.15, 0.2) is 0 Å². The summed E-state index contributed by atoms with van der Waals surface area (Å²) < 4.78 is 38.4. The van der Waals surface area contributed by atoms with Crippen molar-refractivity contribution in [2.45, 2.75) is 45.4 Å². The van der Waals surface area contributed by atoms with E-state index in [0.29, 0.717) is 44.0 Å². The number of benzene rings is 2. The van der Waals surface area contributed by atoms with Crippen molar-refractivity contribution in [1.29, 1.82) is 0 Å². The van der Waals surface area contributed by atoms with Crippen LogP contribution in [0.15, 0.2) is 41.3 Å². The van der Waals surface area contributed by atoms with Gasteiger partial charge in [-0.2, -0.15) is 4.31 Å². The summed E-state index contributed by atoms with van der Waals surface area (Å²) in [7, 11) is -3.60. The molecule has 1 aliphatic rings. The van der Waals surface area contributed by atoms with Gasteiger partial charge in [-0.1, -0.05) is 12.1 Å². The largest absolute Gasteiger partial charge is 0.494 e. The lowest BCUT2D eigenvalue weighted by Crippen LogP contribution is -2.41. The van der Waals surface area contributed by atoms with Crippen LogP contribution >= 0.6 is 0 Å². The van der Waals surface area contributed by atoms with Gasteiger partial charge in [-0.05, 0) is 81.5 Å². The third-order valence-electron chi connectivity index (χ3n) is 5.64. The van der Waals surface area contributed by atoms with Crippen molar-refractivity contribution >= 4 is 16.0 Å². The van der Waals surface area contributed by atoms with Crippen molar-refractivity contribution in [1.82, 2.24) is 4.31 Å². The lowest BCUT2D eigenvalue weighted by Gasteiger charge is -2.30. The second-order valence-electron chi connectivity index (χ2n) is 7.66. The molecule has 0 unspecified atom stereocenters. The number of rotatable bonds is 6.